The quantitative estimate of drug-likeness (QED) is 0.0569. The molecule has 62 heavy (non-hydrogen) atoms. The molecular weight excluding hydrogens is 791 g/mol. The van der Waals surface area contributed by atoms with E-state index in [1.54, 1.807) is 17.1 Å². The zero-order chi connectivity index (χ0) is 43.5. The molecule has 2 N–H and O–H groups in total. The van der Waals surface area contributed by atoms with Crippen molar-refractivity contribution in [1.82, 2.24) is 9.88 Å². The number of rotatable bonds is 22. The molecule has 1 saturated carbocycles. The van der Waals surface area contributed by atoms with E-state index in [-0.39, 0.29) is 70.5 Å². The Morgan fingerprint density at radius 3 is 2.58 bits per heavy atom. The van der Waals surface area contributed by atoms with Gasteiger partial charge in [-0.25, -0.2) is 4.79 Å². The normalized spacial score (nSPS) is 23.6. The number of amides is 1. The molecule has 2 aliphatic heterocycles. The number of hydrogen-bond acceptors (Lipinski definition) is 12. The number of pyridine rings is 1. The van der Waals surface area contributed by atoms with Crippen molar-refractivity contribution in [3.8, 4) is 23.0 Å². The Hall–Kier alpha value is -5.37. The zero-order valence-corrected chi connectivity index (χ0v) is 36.0. The van der Waals surface area contributed by atoms with Crippen LogP contribution in [0.25, 0.3) is 0 Å². The lowest BCUT2D eigenvalue weighted by molar-refractivity contribution is -0.256. The number of fused-ring (bicyclic) bond motifs is 3. The van der Waals surface area contributed by atoms with Crippen molar-refractivity contribution in [3.63, 3.8) is 0 Å². The number of unbranched alkanes of at least 4 members (excludes halogenated alkanes) is 2. The molecule has 0 spiro atoms. The zero-order valence-electron chi connectivity index (χ0n) is 36.0. The number of carbonyl (C=O) groups is 1. The van der Waals surface area contributed by atoms with Gasteiger partial charge in [0.2, 0.25) is 12.6 Å². The summed E-state index contributed by atoms with van der Waals surface area (Å²) in [4.78, 5) is 26.9. The fraction of sp³-hybridized carbons (Fsp3) is 0.490. The van der Waals surface area contributed by atoms with Gasteiger partial charge in [-0.05, 0) is 111 Å². The Kier molecular flexibility index (Phi) is 15.2. The molecule has 7 rings (SSSR count). The first-order valence-electron chi connectivity index (χ1n) is 22.0. The number of oxime groups is 1. The van der Waals surface area contributed by atoms with Crippen molar-refractivity contribution in [2.45, 2.75) is 96.1 Å². The van der Waals surface area contributed by atoms with Crippen molar-refractivity contribution in [2.75, 3.05) is 39.8 Å². The minimum absolute atomic E-state index is 0.0472. The Balaban J connectivity index is 1.42. The van der Waals surface area contributed by atoms with Crippen LogP contribution >= 0.6 is 0 Å². The van der Waals surface area contributed by atoms with E-state index in [1.807, 2.05) is 62.4 Å². The molecule has 0 bridgehead atoms. The summed E-state index contributed by atoms with van der Waals surface area (Å²) in [5, 5.41) is 24.7. The second-order valence-electron chi connectivity index (χ2n) is 16.3. The van der Waals surface area contributed by atoms with Crippen LogP contribution in [-0.4, -0.2) is 83.6 Å². The first kappa shape index (κ1) is 44.7. The van der Waals surface area contributed by atoms with Gasteiger partial charge in [0.05, 0.1) is 30.5 Å². The number of hydrogen-bond donors (Lipinski definition) is 2. The van der Waals surface area contributed by atoms with Gasteiger partial charge >= 0.3 is 6.09 Å². The lowest BCUT2D eigenvalue weighted by Crippen LogP contribution is -2.70. The molecule has 0 unspecified atom stereocenters. The number of aliphatic hydroxyl groups is 2. The van der Waals surface area contributed by atoms with Gasteiger partial charge in [-0.15, -0.1) is 13.2 Å². The van der Waals surface area contributed by atoms with Crippen LogP contribution in [0.4, 0.5) is 4.79 Å². The molecule has 2 aromatic carbocycles. The number of allylic oxidation sites excluding steroid dienone is 1. The summed E-state index contributed by atoms with van der Waals surface area (Å²) in [5.41, 5.74) is 5.13. The SMILES string of the molecule is C=CCCOC(=O)N(Cc1ccc2c(c1)OCO2)[C@H]1CC(=NOCC)C2=C[C@H](CCCCO)[C@@H](CCCCO)[C@@H]3c4cc(OCc5cccc(C)n5)ccc4O[C@@]1(OCC=C)[C@H]23. The second kappa shape index (κ2) is 21.1. The molecule has 0 saturated heterocycles. The molecule has 332 valence electrons. The van der Waals surface area contributed by atoms with Crippen molar-refractivity contribution >= 4 is 11.8 Å². The second-order valence-corrected chi connectivity index (χ2v) is 16.3. The van der Waals surface area contributed by atoms with Gasteiger partial charge in [0, 0.05) is 43.4 Å². The standard InChI is InChI=1S/C49H61N3O10/c1-5-8-25-56-48(55)52(30-34-18-20-43-44(26-34)59-32-58-43)45-29-41(51-61-7-3)39-27-35(15-9-11-22-53)38(17-10-12-23-54)46-40-28-37(57-31-36-16-13-14-33(4)50-36)19-21-42(40)62-49(45,47(39)46)60-24-6-2/h5-6,13-14,16,18-21,26-28,35,38,45-47,53-54H,1-2,7-12,15,17,22-25,29-32H2,3-4H3/t35-,38+,45-,46+,47+,49+/m0/s1. The topological polar surface area (TPSA) is 151 Å². The highest BCUT2D eigenvalue weighted by molar-refractivity contribution is 6.03. The summed E-state index contributed by atoms with van der Waals surface area (Å²) < 4.78 is 38.3. The first-order chi connectivity index (χ1) is 30.3. The van der Waals surface area contributed by atoms with E-state index in [0.29, 0.717) is 54.6 Å². The van der Waals surface area contributed by atoms with Gasteiger partial charge in [0.1, 0.15) is 30.8 Å². The van der Waals surface area contributed by atoms with Crippen LogP contribution in [0.15, 0.2) is 96.7 Å². The fourth-order valence-corrected chi connectivity index (χ4v) is 9.57. The molecule has 3 aromatic rings. The van der Waals surface area contributed by atoms with Crippen molar-refractivity contribution in [2.24, 2.45) is 22.9 Å². The van der Waals surface area contributed by atoms with Crippen LogP contribution in [0.2, 0.25) is 0 Å². The van der Waals surface area contributed by atoms with Gasteiger partial charge in [0.15, 0.2) is 11.5 Å². The number of ether oxygens (including phenoxy) is 6. The van der Waals surface area contributed by atoms with E-state index in [9.17, 15) is 15.0 Å². The number of benzene rings is 2. The molecule has 13 nitrogen and oxygen atoms in total. The highest BCUT2D eigenvalue weighted by Crippen LogP contribution is 2.62. The minimum atomic E-state index is -1.46. The van der Waals surface area contributed by atoms with Crippen LogP contribution in [0, 0.1) is 24.7 Å². The lowest BCUT2D eigenvalue weighted by atomic mass is 9.55. The van der Waals surface area contributed by atoms with Crippen LogP contribution in [0.5, 0.6) is 23.0 Å². The molecule has 2 aliphatic carbocycles. The molecule has 4 aliphatic rings. The van der Waals surface area contributed by atoms with Gasteiger partial charge in [-0.1, -0.05) is 48.4 Å². The largest absolute Gasteiger partial charge is 0.487 e. The Bertz CT molecular complexity index is 2090. The molecular formula is C49H61N3O10. The predicted octanol–water partition coefficient (Wildman–Crippen LogP) is 8.57. The van der Waals surface area contributed by atoms with Crippen molar-refractivity contribution in [3.05, 3.63) is 114 Å². The molecule has 1 aromatic heterocycles. The van der Waals surface area contributed by atoms with Crippen LogP contribution in [0.3, 0.4) is 0 Å². The minimum Gasteiger partial charge on any atom is -0.487 e. The van der Waals surface area contributed by atoms with E-state index in [2.05, 4.69) is 30.3 Å². The van der Waals surface area contributed by atoms with E-state index >= 15 is 0 Å². The molecule has 6 atom stereocenters. The average molecular weight is 852 g/mol. The summed E-state index contributed by atoms with van der Waals surface area (Å²) in [6.45, 7) is 13.1. The summed E-state index contributed by atoms with van der Waals surface area (Å²) >= 11 is 0. The number of aryl methyl sites for hydroxylation is 1. The number of carbonyl (C=O) groups excluding carboxylic acids is 1. The third-order valence-electron chi connectivity index (χ3n) is 12.2. The predicted molar refractivity (Wildman–Crippen MR) is 234 cm³/mol. The van der Waals surface area contributed by atoms with Gasteiger partial charge in [-0.2, -0.15) is 0 Å². The highest BCUT2D eigenvalue weighted by Gasteiger charge is 2.65. The maximum Gasteiger partial charge on any atom is 0.410 e. The van der Waals surface area contributed by atoms with E-state index in [0.717, 1.165) is 53.8 Å². The average Bonchev–Trinajstić information content (AvgIpc) is 3.76. The van der Waals surface area contributed by atoms with Crippen molar-refractivity contribution in [1.29, 1.82) is 0 Å². The van der Waals surface area contributed by atoms with E-state index in [1.165, 1.54) is 0 Å². The maximum absolute atomic E-state index is 14.7. The van der Waals surface area contributed by atoms with Gasteiger partial charge in [0.25, 0.3) is 0 Å². The van der Waals surface area contributed by atoms with Crippen LogP contribution < -0.4 is 18.9 Å². The van der Waals surface area contributed by atoms with E-state index in [4.69, 9.17) is 38.4 Å². The van der Waals surface area contributed by atoms with Gasteiger partial charge < -0.3 is 43.5 Å². The summed E-state index contributed by atoms with van der Waals surface area (Å²) in [6, 6.07) is 16.7. The van der Waals surface area contributed by atoms with E-state index < -0.39 is 23.8 Å². The summed E-state index contributed by atoms with van der Waals surface area (Å²) in [6.07, 6.45) is 10.5. The first-order valence-corrected chi connectivity index (χ1v) is 22.0. The Morgan fingerprint density at radius 2 is 1.81 bits per heavy atom. The summed E-state index contributed by atoms with van der Waals surface area (Å²) in [5.74, 6) is 0.474. The number of aromatic nitrogens is 1. The lowest BCUT2D eigenvalue weighted by Gasteiger charge is -2.59. The number of aliphatic hydroxyl groups excluding tert-OH is 2. The Labute approximate surface area is 365 Å². The monoisotopic (exact) mass is 851 g/mol. The molecule has 1 fully saturated rings. The third kappa shape index (κ3) is 9.80. The molecule has 13 heteroatoms. The van der Waals surface area contributed by atoms with Gasteiger partial charge in [-0.3, -0.25) is 9.88 Å². The van der Waals surface area contributed by atoms with Crippen LogP contribution in [0.1, 0.15) is 86.7 Å². The highest BCUT2D eigenvalue weighted by atomic mass is 16.7. The maximum atomic E-state index is 14.7. The molecule has 3 heterocycles. The molecule has 1 amide bonds. The van der Waals surface area contributed by atoms with Crippen LogP contribution in [-0.2, 0) is 27.5 Å². The third-order valence-corrected chi connectivity index (χ3v) is 12.2. The smallest absolute Gasteiger partial charge is 0.410 e. The van der Waals surface area contributed by atoms with Crippen molar-refractivity contribution < 1.29 is 48.3 Å². The summed E-state index contributed by atoms with van der Waals surface area (Å²) in [7, 11) is 0. The number of nitrogens with zero attached hydrogens (tertiary/aromatic N) is 3. The fourth-order valence-electron chi connectivity index (χ4n) is 9.57. The molecule has 0 radical (unpaired) electrons. The Morgan fingerprint density at radius 1 is 1.00 bits per heavy atom.